The van der Waals surface area contributed by atoms with Crippen molar-refractivity contribution in [2.45, 2.75) is 32.9 Å². The van der Waals surface area contributed by atoms with E-state index in [4.69, 9.17) is 0 Å². The molecule has 1 N–H and O–H groups in total. The number of piperazine rings is 1. The van der Waals surface area contributed by atoms with Gasteiger partial charge in [0, 0.05) is 36.6 Å². The molecule has 90 valence electrons. The van der Waals surface area contributed by atoms with E-state index in [1.54, 1.807) is 0 Å². The number of thiophene rings is 1. The molecule has 0 aromatic carbocycles. The molecular weight excluding hydrogens is 216 g/mol. The SMILES string of the molecule is CC(C)C1CN(C(C)c2cccs2)CCN1. The summed E-state index contributed by atoms with van der Waals surface area (Å²) >= 11 is 1.87. The van der Waals surface area contributed by atoms with E-state index in [0.717, 1.165) is 12.5 Å². The minimum Gasteiger partial charge on any atom is -0.311 e. The fourth-order valence-electron chi connectivity index (χ4n) is 2.31. The van der Waals surface area contributed by atoms with Gasteiger partial charge in [-0.25, -0.2) is 0 Å². The number of hydrogen-bond acceptors (Lipinski definition) is 3. The standard InChI is InChI=1S/C13H22N2S/c1-10(2)12-9-15(7-6-14-12)11(3)13-5-4-8-16-13/h4-5,8,10-12,14H,6-7,9H2,1-3H3. The maximum absolute atomic E-state index is 3.61. The Bertz CT molecular complexity index is 308. The van der Waals surface area contributed by atoms with Gasteiger partial charge in [-0.15, -0.1) is 11.3 Å². The zero-order valence-corrected chi connectivity index (χ0v) is 11.3. The predicted molar refractivity (Wildman–Crippen MR) is 70.9 cm³/mol. The number of nitrogens with one attached hydrogen (secondary N) is 1. The van der Waals surface area contributed by atoms with Crippen molar-refractivity contribution in [3.8, 4) is 0 Å². The monoisotopic (exact) mass is 238 g/mol. The second kappa shape index (κ2) is 5.30. The lowest BCUT2D eigenvalue weighted by Gasteiger charge is -2.38. The molecule has 2 unspecified atom stereocenters. The molecule has 2 nitrogen and oxygen atoms in total. The third-order valence-electron chi connectivity index (χ3n) is 3.54. The lowest BCUT2D eigenvalue weighted by Crippen LogP contribution is -2.53. The molecule has 1 aliphatic rings. The Morgan fingerprint density at radius 1 is 1.44 bits per heavy atom. The average Bonchev–Trinajstić information content (AvgIpc) is 2.81. The second-order valence-corrected chi connectivity index (χ2v) is 5.97. The number of nitrogens with zero attached hydrogens (tertiary/aromatic N) is 1. The highest BCUT2D eigenvalue weighted by Gasteiger charge is 2.25. The highest BCUT2D eigenvalue weighted by Crippen LogP contribution is 2.26. The summed E-state index contributed by atoms with van der Waals surface area (Å²) in [6.07, 6.45) is 0. The van der Waals surface area contributed by atoms with Crippen LogP contribution in [0.5, 0.6) is 0 Å². The van der Waals surface area contributed by atoms with Crippen molar-refractivity contribution in [2.24, 2.45) is 5.92 Å². The van der Waals surface area contributed by atoms with E-state index >= 15 is 0 Å². The first-order chi connectivity index (χ1) is 7.68. The number of rotatable bonds is 3. The van der Waals surface area contributed by atoms with Crippen LogP contribution in [-0.2, 0) is 0 Å². The van der Waals surface area contributed by atoms with Crippen LogP contribution in [0.3, 0.4) is 0 Å². The fraction of sp³-hybridized carbons (Fsp3) is 0.692. The zero-order valence-electron chi connectivity index (χ0n) is 10.4. The first kappa shape index (κ1) is 12.1. The number of hydrogen-bond donors (Lipinski definition) is 1. The summed E-state index contributed by atoms with van der Waals surface area (Å²) in [7, 11) is 0. The zero-order chi connectivity index (χ0) is 11.5. The molecule has 0 spiro atoms. The smallest absolute Gasteiger partial charge is 0.0414 e. The van der Waals surface area contributed by atoms with Gasteiger partial charge in [0.05, 0.1) is 0 Å². The molecule has 2 atom stereocenters. The van der Waals surface area contributed by atoms with Crippen LogP contribution in [0.4, 0.5) is 0 Å². The van der Waals surface area contributed by atoms with Gasteiger partial charge in [-0.3, -0.25) is 4.90 Å². The molecule has 1 aromatic heterocycles. The summed E-state index contributed by atoms with van der Waals surface area (Å²) in [6.45, 7) is 10.4. The largest absolute Gasteiger partial charge is 0.311 e. The Morgan fingerprint density at radius 3 is 2.88 bits per heavy atom. The van der Waals surface area contributed by atoms with Crippen molar-refractivity contribution < 1.29 is 0 Å². The summed E-state index contributed by atoms with van der Waals surface area (Å²) in [4.78, 5) is 4.09. The Hall–Kier alpha value is -0.380. The van der Waals surface area contributed by atoms with E-state index in [1.165, 1.54) is 18.0 Å². The van der Waals surface area contributed by atoms with Gasteiger partial charge >= 0.3 is 0 Å². The molecule has 1 saturated heterocycles. The lowest BCUT2D eigenvalue weighted by atomic mass is 10.0. The van der Waals surface area contributed by atoms with Gasteiger partial charge in [-0.05, 0) is 24.3 Å². The van der Waals surface area contributed by atoms with Gasteiger partial charge in [-0.1, -0.05) is 19.9 Å². The van der Waals surface area contributed by atoms with Crippen molar-refractivity contribution in [2.75, 3.05) is 19.6 Å². The van der Waals surface area contributed by atoms with Crippen LogP contribution in [0.15, 0.2) is 17.5 Å². The van der Waals surface area contributed by atoms with E-state index < -0.39 is 0 Å². The van der Waals surface area contributed by atoms with E-state index in [2.05, 4.69) is 48.5 Å². The Labute approximate surface area is 103 Å². The molecule has 0 radical (unpaired) electrons. The van der Waals surface area contributed by atoms with E-state index in [1.807, 2.05) is 11.3 Å². The predicted octanol–water partition coefficient (Wildman–Crippen LogP) is 2.74. The topological polar surface area (TPSA) is 15.3 Å². The van der Waals surface area contributed by atoms with Crippen molar-refractivity contribution >= 4 is 11.3 Å². The molecule has 2 heterocycles. The summed E-state index contributed by atoms with van der Waals surface area (Å²) in [5.41, 5.74) is 0. The molecule has 3 heteroatoms. The Balaban J connectivity index is 1.99. The van der Waals surface area contributed by atoms with Crippen LogP contribution in [0, 0.1) is 5.92 Å². The summed E-state index contributed by atoms with van der Waals surface area (Å²) in [5.74, 6) is 0.721. The van der Waals surface area contributed by atoms with E-state index in [9.17, 15) is 0 Å². The molecule has 0 saturated carbocycles. The van der Waals surface area contributed by atoms with Crippen LogP contribution in [0.1, 0.15) is 31.7 Å². The van der Waals surface area contributed by atoms with E-state index in [0.29, 0.717) is 12.1 Å². The molecule has 1 fully saturated rings. The normalized spacial score (nSPS) is 24.9. The molecule has 0 aliphatic carbocycles. The summed E-state index contributed by atoms with van der Waals surface area (Å²) in [5, 5.41) is 5.78. The minimum atomic E-state index is 0.573. The second-order valence-electron chi connectivity index (χ2n) is 4.99. The van der Waals surface area contributed by atoms with Crippen LogP contribution < -0.4 is 5.32 Å². The maximum Gasteiger partial charge on any atom is 0.0414 e. The maximum atomic E-state index is 3.61. The minimum absolute atomic E-state index is 0.573. The molecule has 0 bridgehead atoms. The summed E-state index contributed by atoms with van der Waals surface area (Å²) in [6, 6.07) is 5.62. The third kappa shape index (κ3) is 2.65. The molecule has 0 amide bonds. The first-order valence-corrected chi connectivity index (χ1v) is 7.07. The van der Waals surface area contributed by atoms with Crippen molar-refractivity contribution in [3.63, 3.8) is 0 Å². The Morgan fingerprint density at radius 2 is 2.25 bits per heavy atom. The van der Waals surface area contributed by atoms with Crippen LogP contribution in [-0.4, -0.2) is 30.6 Å². The molecule has 1 aliphatic heterocycles. The van der Waals surface area contributed by atoms with Crippen molar-refractivity contribution in [1.29, 1.82) is 0 Å². The highest BCUT2D eigenvalue weighted by molar-refractivity contribution is 7.10. The quantitative estimate of drug-likeness (QED) is 0.871. The van der Waals surface area contributed by atoms with Crippen molar-refractivity contribution in [1.82, 2.24) is 10.2 Å². The van der Waals surface area contributed by atoms with Crippen LogP contribution >= 0.6 is 11.3 Å². The molecule has 16 heavy (non-hydrogen) atoms. The van der Waals surface area contributed by atoms with Crippen molar-refractivity contribution in [3.05, 3.63) is 22.4 Å². The van der Waals surface area contributed by atoms with Gasteiger partial charge in [0.15, 0.2) is 0 Å². The molecular formula is C13H22N2S. The average molecular weight is 238 g/mol. The highest BCUT2D eigenvalue weighted by atomic mass is 32.1. The molecule has 2 rings (SSSR count). The lowest BCUT2D eigenvalue weighted by molar-refractivity contribution is 0.136. The van der Waals surface area contributed by atoms with Gasteiger partial charge in [-0.2, -0.15) is 0 Å². The van der Waals surface area contributed by atoms with Gasteiger partial charge < -0.3 is 5.32 Å². The van der Waals surface area contributed by atoms with Gasteiger partial charge in [0.2, 0.25) is 0 Å². The van der Waals surface area contributed by atoms with Crippen LogP contribution in [0.25, 0.3) is 0 Å². The van der Waals surface area contributed by atoms with Gasteiger partial charge in [0.25, 0.3) is 0 Å². The van der Waals surface area contributed by atoms with E-state index in [-0.39, 0.29) is 0 Å². The van der Waals surface area contributed by atoms with Crippen LogP contribution in [0.2, 0.25) is 0 Å². The Kier molecular flexibility index (Phi) is 4.00. The molecule has 1 aromatic rings. The first-order valence-electron chi connectivity index (χ1n) is 6.19. The summed E-state index contributed by atoms with van der Waals surface area (Å²) < 4.78 is 0. The fourth-order valence-corrected chi connectivity index (χ4v) is 3.13. The third-order valence-corrected chi connectivity index (χ3v) is 4.59. The van der Waals surface area contributed by atoms with Gasteiger partial charge in [0.1, 0.15) is 0 Å².